The highest BCUT2D eigenvalue weighted by molar-refractivity contribution is 7.13. The van der Waals surface area contributed by atoms with E-state index < -0.39 is 18.1 Å². The molecule has 244 valence electrons. The molecule has 13 heteroatoms. The summed E-state index contributed by atoms with van der Waals surface area (Å²) in [6.45, 7) is 9.22. The molecular formula is C31H45Cl2N5O5S. The first-order chi connectivity index (χ1) is 20.2. The Kier molecular flexibility index (Phi) is 15.1. The Morgan fingerprint density at radius 2 is 1.93 bits per heavy atom. The smallest absolute Gasteiger partial charge is 0.243 e. The van der Waals surface area contributed by atoms with Crippen LogP contribution < -0.4 is 15.8 Å². The predicted molar refractivity (Wildman–Crippen MR) is 177 cm³/mol. The summed E-state index contributed by atoms with van der Waals surface area (Å²) >= 11 is 1.58. The fraction of sp³-hybridized carbons (Fsp3) is 0.548. The molecule has 2 amide bonds. The van der Waals surface area contributed by atoms with E-state index in [1.54, 1.807) is 24.3 Å². The average molecular weight is 671 g/mol. The van der Waals surface area contributed by atoms with Gasteiger partial charge in [0.2, 0.25) is 11.8 Å². The minimum atomic E-state index is -0.788. The lowest BCUT2D eigenvalue weighted by Gasteiger charge is -2.28. The van der Waals surface area contributed by atoms with E-state index in [-0.39, 0.29) is 62.1 Å². The molecule has 44 heavy (non-hydrogen) atoms. The molecule has 1 aliphatic rings. The second kappa shape index (κ2) is 17.7. The van der Waals surface area contributed by atoms with Crippen LogP contribution in [-0.4, -0.2) is 63.8 Å². The van der Waals surface area contributed by atoms with Gasteiger partial charge in [-0.05, 0) is 50.8 Å². The molecule has 3 heterocycles. The predicted octanol–water partition coefficient (Wildman–Crippen LogP) is 5.17. The van der Waals surface area contributed by atoms with Gasteiger partial charge in [0.15, 0.2) is 0 Å². The van der Waals surface area contributed by atoms with Crippen LogP contribution in [0.3, 0.4) is 0 Å². The summed E-state index contributed by atoms with van der Waals surface area (Å²) in [5, 5.41) is 17.4. The van der Waals surface area contributed by atoms with Gasteiger partial charge in [0.1, 0.15) is 23.5 Å². The molecular weight excluding hydrogens is 625 g/mol. The van der Waals surface area contributed by atoms with E-state index in [4.69, 9.17) is 15.0 Å². The average Bonchev–Trinajstić information content (AvgIpc) is 3.69. The highest BCUT2D eigenvalue weighted by Crippen LogP contribution is 2.33. The molecule has 1 aromatic carbocycles. The van der Waals surface area contributed by atoms with Crippen LogP contribution in [0.5, 0.6) is 5.75 Å². The number of halogens is 2. The summed E-state index contributed by atoms with van der Waals surface area (Å²) in [5.74, 6) is -0.0676. The summed E-state index contributed by atoms with van der Waals surface area (Å²) in [5.41, 5.74) is 10.9. The zero-order chi connectivity index (χ0) is 30.2. The molecule has 0 bridgehead atoms. The van der Waals surface area contributed by atoms with Crippen molar-refractivity contribution in [3.8, 4) is 16.2 Å². The zero-order valence-corrected chi connectivity index (χ0v) is 28.2. The Morgan fingerprint density at radius 1 is 1.18 bits per heavy atom. The summed E-state index contributed by atoms with van der Waals surface area (Å²) < 4.78 is 11.6. The van der Waals surface area contributed by atoms with Crippen LogP contribution in [0.1, 0.15) is 74.6 Å². The van der Waals surface area contributed by atoms with Crippen molar-refractivity contribution in [2.75, 3.05) is 19.7 Å². The lowest BCUT2D eigenvalue weighted by atomic mass is 9.91. The molecule has 1 saturated heterocycles. The first kappa shape index (κ1) is 37.5. The fourth-order valence-electron chi connectivity index (χ4n) is 5.39. The number of nitrogens with zero attached hydrogens (tertiary/aromatic N) is 3. The first-order valence-electron chi connectivity index (χ1n) is 14.7. The molecule has 1 unspecified atom stereocenters. The molecule has 3 aromatic rings. The number of amides is 2. The fourth-order valence-corrected chi connectivity index (χ4v) is 6.19. The number of likely N-dealkylation sites (tertiary alicyclic amines) is 1. The van der Waals surface area contributed by atoms with E-state index >= 15 is 0 Å². The van der Waals surface area contributed by atoms with E-state index in [0.29, 0.717) is 30.4 Å². The number of aryl methyl sites for hydroxylation is 2. The summed E-state index contributed by atoms with van der Waals surface area (Å²) in [6, 6.07) is 6.94. The van der Waals surface area contributed by atoms with Crippen molar-refractivity contribution in [3.63, 3.8) is 0 Å². The second-order valence-corrected chi connectivity index (χ2v) is 12.2. The lowest BCUT2D eigenvalue weighted by Crippen LogP contribution is -2.48. The van der Waals surface area contributed by atoms with Gasteiger partial charge < -0.3 is 30.3 Å². The Balaban J connectivity index is 0.00000337. The lowest BCUT2D eigenvalue weighted by molar-refractivity contribution is -0.141. The van der Waals surface area contributed by atoms with Crippen LogP contribution in [-0.2, 0) is 16.1 Å². The normalized spacial score (nSPS) is 16.8. The number of aliphatic hydroxyl groups is 1. The summed E-state index contributed by atoms with van der Waals surface area (Å²) in [6.07, 6.45) is 3.41. The van der Waals surface area contributed by atoms with E-state index in [1.807, 2.05) is 44.5 Å². The Labute approximate surface area is 275 Å². The monoisotopic (exact) mass is 669 g/mol. The van der Waals surface area contributed by atoms with Crippen LogP contribution in [0.15, 0.2) is 34.3 Å². The quantitative estimate of drug-likeness (QED) is 0.199. The number of nitrogens with two attached hydrogens (primary N) is 1. The van der Waals surface area contributed by atoms with Gasteiger partial charge in [-0.25, -0.2) is 4.98 Å². The van der Waals surface area contributed by atoms with Gasteiger partial charge in [-0.1, -0.05) is 44.0 Å². The number of unbranched alkanes of at least 4 members (excludes halogenated alkanes) is 3. The SMILES string of the molecule is Cc1cc(C(C(=O)N2C[C@H](O)C[C@H]2C(=O)NCc2ccc(-c3scnc3C)cc2OCCCCCCN)C(C)C)on1.Cl.Cl. The molecule has 4 rings (SSSR count). The van der Waals surface area contributed by atoms with Gasteiger partial charge in [0.25, 0.3) is 0 Å². The first-order valence-corrected chi connectivity index (χ1v) is 15.6. The van der Waals surface area contributed by atoms with Gasteiger partial charge in [0.05, 0.1) is 34.5 Å². The number of rotatable bonds is 14. The van der Waals surface area contributed by atoms with E-state index in [1.165, 1.54) is 4.90 Å². The number of hydrogen-bond acceptors (Lipinski definition) is 9. The molecule has 1 aliphatic heterocycles. The van der Waals surface area contributed by atoms with Gasteiger partial charge in [-0.2, -0.15) is 0 Å². The molecule has 0 saturated carbocycles. The van der Waals surface area contributed by atoms with E-state index in [2.05, 4.69) is 15.5 Å². The van der Waals surface area contributed by atoms with Crippen molar-refractivity contribution in [1.82, 2.24) is 20.4 Å². The highest BCUT2D eigenvalue weighted by atomic mass is 35.5. The molecule has 3 atom stereocenters. The molecule has 0 radical (unpaired) electrons. The number of aliphatic hydroxyl groups excluding tert-OH is 1. The maximum atomic E-state index is 13.7. The zero-order valence-electron chi connectivity index (χ0n) is 25.8. The van der Waals surface area contributed by atoms with Gasteiger partial charge in [0, 0.05) is 31.1 Å². The number of benzene rings is 1. The number of β-amino-alcohol motifs (C(OH)–C–C–N with tert-alkyl or cyclic N) is 1. The molecule has 0 spiro atoms. The number of hydrogen-bond donors (Lipinski definition) is 3. The van der Waals surface area contributed by atoms with Crippen molar-refractivity contribution >= 4 is 48.0 Å². The van der Waals surface area contributed by atoms with Crippen molar-refractivity contribution < 1.29 is 24.0 Å². The maximum absolute atomic E-state index is 13.7. The van der Waals surface area contributed by atoms with Crippen molar-refractivity contribution in [1.29, 1.82) is 0 Å². The third kappa shape index (κ3) is 9.40. The molecule has 1 fully saturated rings. The van der Waals surface area contributed by atoms with Gasteiger partial charge in [-0.15, -0.1) is 36.2 Å². The minimum Gasteiger partial charge on any atom is -0.493 e. The van der Waals surface area contributed by atoms with E-state index in [9.17, 15) is 14.7 Å². The van der Waals surface area contributed by atoms with Crippen LogP contribution in [0.4, 0.5) is 0 Å². The largest absolute Gasteiger partial charge is 0.493 e. The van der Waals surface area contributed by atoms with Crippen LogP contribution in [0.2, 0.25) is 0 Å². The van der Waals surface area contributed by atoms with E-state index in [0.717, 1.165) is 47.4 Å². The molecule has 2 aromatic heterocycles. The van der Waals surface area contributed by atoms with Crippen molar-refractivity contribution in [2.45, 2.75) is 84.4 Å². The van der Waals surface area contributed by atoms with Gasteiger partial charge >= 0.3 is 0 Å². The van der Waals surface area contributed by atoms with Crippen molar-refractivity contribution in [2.24, 2.45) is 11.7 Å². The van der Waals surface area contributed by atoms with Gasteiger partial charge in [-0.3, -0.25) is 9.59 Å². The van der Waals surface area contributed by atoms with Crippen LogP contribution >= 0.6 is 36.2 Å². The second-order valence-electron chi connectivity index (χ2n) is 11.3. The Hall–Kier alpha value is -2.70. The number of carbonyl (C=O) groups is 2. The number of ether oxygens (including phenoxy) is 1. The molecule has 10 nitrogen and oxygen atoms in total. The number of thiazole rings is 1. The van der Waals surface area contributed by atoms with Crippen LogP contribution in [0.25, 0.3) is 10.4 Å². The summed E-state index contributed by atoms with van der Waals surface area (Å²) in [4.78, 5) is 34.1. The third-order valence-electron chi connectivity index (χ3n) is 7.63. The third-order valence-corrected chi connectivity index (χ3v) is 8.61. The topological polar surface area (TPSA) is 144 Å². The number of nitrogens with one attached hydrogen (secondary N) is 1. The van der Waals surface area contributed by atoms with Crippen LogP contribution in [0, 0.1) is 19.8 Å². The standard InChI is InChI=1S/C31H43N5O5S.2ClH/c1-19(2)28(27-13-20(3)35-41-27)31(39)36-17-24(37)15-25(36)30(38)33-16-23-10-9-22(29-21(4)34-18-42-29)14-26(23)40-12-8-6-5-7-11-32;;/h9-10,13-14,18-19,24-25,28,37H,5-8,11-12,15-17,32H2,1-4H3,(H,33,38);2*1H/t24-,25+,28?;;/m1../s1. The summed E-state index contributed by atoms with van der Waals surface area (Å²) in [7, 11) is 0. The Morgan fingerprint density at radius 3 is 2.57 bits per heavy atom. The molecule has 0 aliphatic carbocycles. The number of aromatic nitrogens is 2. The maximum Gasteiger partial charge on any atom is 0.243 e. The highest BCUT2D eigenvalue weighted by Gasteiger charge is 2.43. The molecule has 4 N–H and O–H groups in total. The number of carbonyl (C=O) groups excluding carboxylic acids is 2. The minimum absolute atomic E-state index is 0. The Bertz CT molecular complexity index is 1350. The van der Waals surface area contributed by atoms with Crippen molar-refractivity contribution in [3.05, 3.63) is 52.5 Å².